The number of aromatic nitrogens is 6. The molecule has 1 saturated heterocycles. The van der Waals surface area contributed by atoms with Gasteiger partial charge in [-0.1, -0.05) is 4.98 Å². The predicted octanol–water partition coefficient (Wildman–Crippen LogP) is -9.53. The number of nitrogen functional groups attached to an aromatic ring is 1. The molecular formula is C14H18N7Na2O10P2+. The molecule has 0 bridgehead atoms. The monoisotopic (exact) mass is 552 g/mol. The van der Waals surface area contributed by atoms with E-state index in [0.29, 0.717) is 4.34 Å². The zero-order valence-electron chi connectivity index (χ0n) is 18.7. The molecule has 0 aromatic carbocycles. The standard InChI is InChI=1S/C14H19N7O10P2.2Na/c1-19-6-21(11-8(19)12(24)18-14(15)17-11)13-10(23)9(22)7(30-13)4-29-33(27,28)31-32(25,26)20-3-2-16-5-20;;/h2-3,5-7,9-10,13,22-23H,4H2,1H3,(H4-,15,17,18,24,25,26,27,28);;/q;2*+1/p-1/t7-,9-,10-,13-;;/m1../s1. The van der Waals surface area contributed by atoms with E-state index in [1.165, 1.54) is 22.5 Å². The van der Waals surface area contributed by atoms with Crippen molar-refractivity contribution in [2.45, 2.75) is 24.5 Å². The van der Waals surface area contributed by atoms with Gasteiger partial charge in [-0.3, -0.25) is 32.1 Å². The summed E-state index contributed by atoms with van der Waals surface area (Å²) >= 11 is 0. The maximum Gasteiger partial charge on any atom is 1.00 e. The van der Waals surface area contributed by atoms with Crippen LogP contribution in [-0.2, 0) is 29.7 Å². The minimum Gasteiger partial charge on any atom is -0.761 e. The summed E-state index contributed by atoms with van der Waals surface area (Å²) in [6.45, 7) is -0.888. The Morgan fingerprint density at radius 1 is 1.31 bits per heavy atom. The second-order valence-corrected chi connectivity index (χ2v) is 10.2. The van der Waals surface area contributed by atoms with Gasteiger partial charge in [0.1, 0.15) is 24.6 Å². The molecule has 5 N–H and O–H groups in total. The Kier molecular flexibility index (Phi) is 10.1. The van der Waals surface area contributed by atoms with Crippen molar-refractivity contribution in [3.05, 3.63) is 35.4 Å². The van der Waals surface area contributed by atoms with Gasteiger partial charge in [-0.05, 0) is 0 Å². The van der Waals surface area contributed by atoms with Crippen LogP contribution in [0.15, 0.2) is 29.8 Å². The predicted molar refractivity (Wildman–Crippen MR) is 102 cm³/mol. The van der Waals surface area contributed by atoms with Crippen LogP contribution in [0.2, 0.25) is 0 Å². The fraction of sp³-hybridized carbons (Fsp3) is 0.429. The van der Waals surface area contributed by atoms with Gasteiger partial charge in [-0.2, -0.15) is 0 Å². The first-order valence-electron chi connectivity index (χ1n) is 9.14. The van der Waals surface area contributed by atoms with Crippen LogP contribution < -0.4 is 84.8 Å². The number of fused-ring (bicyclic) bond motifs is 1. The van der Waals surface area contributed by atoms with E-state index in [4.69, 9.17) is 10.5 Å². The SMILES string of the molecule is Cn1c[n+]([C@@H]2O[C@H](COP(=O)([O-])OP(=O)([O-])n3ccnc3)[C@@H](O)[C@H]2O)c2nc(N)[nH]c(=O)c21.[Na+].[Na+]. The Bertz CT molecular complexity index is 1330. The summed E-state index contributed by atoms with van der Waals surface area (Å²) in [5.74, 6) is -0.204. The number of nitrogens with zero attached hydrogens (tertiary/aromatic N) is 5. The van der Waals surface area contributed by atoms with Gasteiger partial charge in [0.2, 0.25) is 19.5 Å². The Balaban J connectivity index is 0.00000216. The number of nitrogens with one attached hydrogen (secondary N) is 1. The number of aliphatic hydroxyl groups is 2. The van der Waals surface area contributed by atoms with Gasteiger partial charge in [0.25, 0.3) is 19.3 Å². The number of rotatable bonds is 7. The zero-order chi connectivity index (χ0) is 24.1. The molecule has 1 aliphatic rings. The summed E-state index contributed by atoms with van der Waals surface area (Å²) in [7, 11) is -9.01. The number of aryl methyl sites for hydroxylation is 1. The second kappa shape index (κ2) is 11.5. The molecule has 0 spiro atoms. The molecular weight excluding hydrogens is 534 g/mol. The van der Waals surface area contributed by atoms with Gasteiger partial charge < -0.3 is 35.0 Å². The van der Waals surface area contributed by atoms with E-state index in [9.17, 15) is 33.9 Å². The molecule has 1 aliphatic heterocycles. The summed E-state index contributed by atoms with van der Waals surface area (Å²) in [6.07, 6.45) is -1.76. The minimum atomic E-state index is -5.43. The molecule has 6 atom stereocenters. The molecule has 0 radical (unpaired) electrons. The third-order valence-electron chi connectivity index (χ3n) is 4.77. The summed E-state index contributed by atoms with van der Waals surface area (Å²) in [6, 6.07) is 0. The number of phosphoric acid groups is 1. The van der Waals surface area contributed by atoms with E-state index < -0.39 is 52.3 Å². The number of phosphoric ester groups is 1. The first kappa shape index (κ1) is 30.8. The fourth-order valence-corrected chi connectivity index (χ4v) is 5.58. The number of anilines is 1. The summed E-state index contributed by atoms with van der Waals surface area (Å²) in [5.41, 5.74) is 5.14. The number of ether oxygens (including phenoxy) is 1. The molecule has 180 valence electrons. The molecule has 1 fully saturated rings. The van der Waals surface area contributed by atoms with Crippen LogP contribution in [0.3, 0.4) is 0 Å². The number of aromatic amines is 1. The first-order chi connectivity index (χ1) is 15.4. The van der Waals surface area contributed by atoms with Crippen LogP contribution >= 0.6 is 15.6 Å². The van der Waals surface area contributed by atoms with Crippen LogP contribution in [-0.4, -0.2) is 59.0 Å². The maximum absolute atomic E-state index is 12.2. The van der Waals surface area contributed by atoms with Gasteiger partial charge in [0, 0.05) is 12.4 Å². The van der Waals surface area contributed by atoms with Crippen LogP contribution in [0.5, 0.6) is 0 Å². The Morgan fingerprint density at radius 3 is 2.63 bits per heavy atom. The normalized spacial score (nSPS) is 25.4. The van der Waals surface area contributed by atoms with E-state index >= 15 is 0 Å². The number of imidazole rings is 2. The average molecular weight is 552 g/mol. The minimum absolute atomic E-state index is 0. The van der Waals surface area contributed by atoms with E-state index in [-0.39, 0.29) is 76.2 Å². The number of nitrogens with two attached hydrogens (primary N) is 1. The molecule has 0 saturated carbocycles. The Morgan fingerprint density at radius 2 is 2.00 bits per heavy atom. The van der Waals surface area contributed by atoms with Gasteiger partial charge in [-0.15, -0.1) is 0 Å². The zero-order valence-corrected chi connectivity index (χ0v) is 24.5. The quantitative estimate of drug-likeness (QED) is 0.121. The molecule has 4 heterocycles. The van der Waals surface area contributed by atoms with Crippen LogP contribution in [0.4, 0.5) is 5.95 Å². The van der Waals surface area contributed by atoms with Crippen molar-refractivity contribution < 1.29 is 106 Å². The van der Waals surface area contributed by atoms with Crippen molar-refractivity contribution in [1.29, 1.82) is 0 Å². The molecule has 4 rings (SSSR count). The molecule has 35 heavy (non-hydrogen) atoms. The molecule has 0 amide bonds. The summed E-state index contributed by atoms with van der Waals surface area (Å²) in [5, 5.41) is 20.7. The molecule has 3 aromatic heterocycles. The number of aliphatic hydroxyl groups excluding tert-OH is 2. The van der Waals surface area contributed by atoms with Crippen molar-refractivity contribution in [1.82, 2.24) is 23.9 Å². The van der Waals surface area contributed by atoms with Gasteiger partial charge in [-0.25, -0.2) is 9.55 Å². The Labute approximate surface area is 240 Å². The van der Waals surface area contributed by atoms with Crippen LogP contribution in [0.1, 0.15) is 6.23 Å². The topological polar surface area (TPSA) is 247 Å². The summed E-state index contributed by atoms with van der Waals surface area (Å²) in [4.78, 5) is 45.9. The third-order valence-corrected chi connectivity index (χ3v) is 7.67. The van der Waals surface area contributed by atoms with Crippen molar-refractivity contribution in [3.63, 3.8) is 0 Å². The number of H-pyrrole nitrogens is 1. The average Bonchev–Trinajstić information content (AvgIpc) is 3.41. The third kappa shape index (κ3) is 6.34. The molecule has 0 aliphatic carbocycles. The van der Waals surface area contributed by atoms with E-state index in [2.05, 4.69) is 23.8 Å². The maximum atomic E-state index is 12.2. The van der Waals surface area contributed by atoms with E-state index in [1.807, 2.05) is 0 Å². The van der Waals surface area contributed by atoms with Crippen molar-refractivity contribution in [3.8, 4) is 0 Å². The van der Waals surface area contributed by atoms with Gasteiger partial charge in [0.15, 0.2) is 6.33 Å². The fourth-order valence-electron chi connectivity index (χ4n) is 3.31. The number of hydrogen-bond acceptors (Lipinski definition) is 13. The van der Waals surface area contributed by atoms with E-state index in [0.717, 1.165) is 18.7 Å². The van der Waals surface area contributed by atoms with Crippen molar-refractivity contribution >= 4 is 32.7 Å². The molecule has 17 nitrogen and oxygen atoms in total. The Hall–Kier alpha value is -0.460. The molecule has 2 unspecified atom stereocenters. The molecule has 21 heteroatoms. The smallest absolute Gasteiger partial charge is 0.761 e. The van der Waals surface area contributed by atoms with E-state index in [1.54, 1.807) is 0 Å². The van der Waals surface area contributed by atoms with Crippen molar-refractivity contribution in [2.24, 2.45) is 7.05 Å². The van der Waals surface area contributed by atoms with Crippen LogP contribution in [0.25, 0.3) is 11.2 Å². The largest absolute Gasteiger partial charge is 1.00 e. The molecule has 3 aromatic rings. The van der Waals surface area contributed by atoms with Crippen LogP contribution in [0, 0.1) is 0 Å². The first-order valence-corrected chi connectivity index (χ1v) is 12.1. The van der Waals surface area contributed by atoms with Gasteiger partial charge in [0.05, 0.1) is 13.7 Å². The number of hydrogen-bond donors (Lipinski definition) is 4. The van der Waals surface area contributed by atoms with Crippen molar-refractivity contribution in [2.75, 3.05) is 12.3 Å². The summed E-state index contributed by atoms with van der Waals surface area (Å²) < 4.78 is 41.2. The second-order valence-electron chi connectivity index (χ2n) is 7.04. The van der Waals surface area contributed by atoms with Gasteiger partial charge >= 0.3 is 64.8 Å².